The molecule has 1 fully saturated rings. The normalized spacial score (nSPS) is 15.4. The smallest absolute Gasteiger partial charge is 0.303 e. The van der Waals surface area contributed by atoms with E-state index in [1.54, 1.807) is 10.7 Å². The quantitative estimate of drug-likeness (QED) is 0.855. The van der Waals surface area contributed by atoms with Crippen LogP contribution in [0.2, 0.25) is 0 Å². The number of hydrogen-bond acceptors (Lipinski definition) is 4. The van der Waals surface area contributed by atoms with Gasteiger partial charge in [0.15, 0.2) is 5.65 Å². The Labute approximate surface area is 110 Å². The molecular formula is C13H16N4O2. The lowest BCUT2D eigenvalue weighted by Crippen LogP contribution is -2.27. The average molecular weight is 260 g/mol. The molecule has 1 aliphatic carbocycles. The van der Waals surface area contributed by atoms with Gasteiger partial charge in [0.2, 0.25) is 0 Å². The fourth-order valence-corrected chi connectivity index (χ4v) is 2.13. The van der Waals surface area contributed by atoms with Gasteiger partial charge in [-0.2, -0.15) is 0 Å². The van der Waals surface area contributed by atoms with Crippen molar-refractivity contribution in [2.75, 3.05) is 5.32 Å². The first kappa shape index (κ1) is 12.0. The van der Waals surface area contributed by atoms with Crippen LogP contribution < -0.4 is 5.32 Å². The molecule has 1 aliphatic rings. The number of fused-ring (bicyclic) bond motifs is 1. The first-order valence-corrected chi connectivity index (χ1v) is 6.54. The third-order valence-corrected chi connectivity index (χ3v) is 3.42. The number of carbonyl (C=O) groups is 1. The number of imidazole rings is 1. The van der Waals surface area contributed by atoms with Crippen molar-refractivity contribution in [2.45, 2.75) is 38.1 Å². The minimum absolute atomic E-state index is 0.0943. The van der Waals surface area contributed by atoms with E-state index in [0.29, 0.717) is 12.5 Å². The van der Waals surface area contributed by atoms with E-state index in [-0.39, 0.29) is 6.42 Å². The summed E-state index contributed by atoms with van der Waals surface area (Å²) in [4.78, 5) is 14.9. The zero-order chi connectivity index (χ0) is 13.2. The first-order chi connectivity index (χ1) is 9.20. The van der Waals surface area contributed by atoms with Gasteiger partial charge in [0.25, 0.3) is 0 Å². The maximum atomic E-state index is 10.5. The molecule has 2 aromatic heterocycles. The molecule has 3 rings (SSSR count). The second-order valence-electron chi connectivity index (χ2n) is 4.92. The second-order valence-corrected chi connectivity index (χ2v) is 4.92. The van der Waals surface area contributed by atoms with E-state index in [0.717, 1.165) is 17.2 Å². The number of aromatic nitrogens is 3. The van der Waals surface area contributed by atoms with E-state index in [4.69, 9.17) is 5.11 Å². The maximum Gasteiger partial charge on any atom is 0.303 e. The van der Waals surface area contributed by atoms with Crippen LogP contribution in [0.1, 0.15) is 31.4 Å². The van der Waals surface area contributed by atoms with E-state index < -0.39 is 5.97 Å². The number of carboxylic acid groups (broad SMARTS) is 1. The number of rotatable bonds is 5. The number of anilines is 1. The lowest BCUT2D eigenvalue weighted by molar-refractivity contribution is -0.136. The van der Waals surface area contributed by atoms with E-state index in [9.17, 15) is 4.79 Å². The third-order valence-electron chi connectivity index (χ3n) is 3.42. The minimum atomic E-state index is -0.808. The molecule has 19 heavy (non-hydrogen) atoms. The molecule has 2 aromatic rings. The predicted octanol–water partition coefficient (Wildman–Crippen LogP) is 1.71. The van der Waals surface area contributed by atoms with Crippen LogP contribution in [0.15, 0.2) is 18.3 Å². The highest BCUT2D eigenvalue weighted by molar-refractivity contribution is 5.67. The second kappa shape index (κ2) is 4.87. The van der Waals surface area contributed by atoms with Crippen molar-refractivity contribution in [1.29, 1.82) is 0 Å². The lowest BCUT2D eigenvalue weighted by atomic mass is 9.93. The van der Waals surface area contributed by atoms with Crippen molar-refractivity contribution in [3.63, 3.8) is 0 Å². The van der Waals surface area contributed by atoms with Gasteiger partial charge in [-0.15, -0.1) is 5.10 Å². The fraction of sp³-hybridized carbons (Fsp3) is 0.462. The van der Waals surface area contributed by atoms with Crippen LogP contribution >= 0.6 is 0 Å². The molecule has 0 amide bonds. The third kappa shape index (κ3) is 2.67. The lowest BCUT2D eigenvalue weighted by Gasteiger charge is -2.26. The Balaban J connectivity index is 1.75. The summed E-state index contributed by atoms with van der Waals surface area (Å²) >= 11 is 0. The van der Waals surface area contributed by atoms with Crippen molar-refractivity contribution in [1.82, 2.24) is 14.6 Å². The van der Waals surface area contributed by atoms with Crippen LogP contribution in [0, 0.1) is 0 Å². The van der Waals surface area contributed by atoms with Crippen LogP contribution in [0.25, 0.3) is 5.65 Å². The van der Waals surface area contributed by atoms with Crippen LogP contribution in [-0.4, -0.2) is 31.7 Å². The maximum absolute atomic E-state index is 10.5. The van der Waals surface area contributed by atoms with Crippen LogP contribution in [0.5, 0.6) is 0 Å². The van der Waals surface area contributed by atoms with Crippen molar-refractivity contribution in [2.24, 2.45) is 0 Å². The molecule has 2 N–H and O–H groups in total. The van der Waals surface area contributed by atoms with Gasteiger partial charge in [-0.05, 0) is 31.4 Å². The number of aliphatic carboxylic acids is 1. The van der Waals surface area contributed by atoms with Crippen LogP contribution in [0.3, 0.4) is 0 Å². The van der Waals surface area contributed by atoms with Crippen LogP contribution in [0.4, 0.5) is 5.82 Å². The first-order valence-electron chi connectivity index (χ1n) is 6.54. The van der Waals surface area contributed by atoms with Crippen molar-refractivity contribution in [3.05, 3.63) is 24.0 Å². The van der Waals surface area contributed by atoms with E-state index in [1.165, 1.54) is 19.3 Å². The summed E-state index contributed by atoms with van der Waals surface area (Å²) < 4.78 is 1.71. The van der Waals surface area contributed by atoms with Gasteiger partial charge in [0, 0.05) is 12.5 Å². The van der Waals surface area contributed by atoms with Gasteiger partial charge in [-0.1, -0.05) is 0 Å². The molecule has 0 bridgehead atoms. The van der Waals surface area contributed by atoms with Gasteiger partial charge >= 0.3 is 5.97 Å². The molecule has 100 valence electrons. The Bertz CT molecular complexity index is 604. The van der Waals surface area contributed by atoms with E-state index in [2.05, 4.69) is 15.4 Å². The standard InChI is InChI=1S/C13H16N4O2/c18-13(19)7-4-10-8-17-12(15-10)6-5-11(16-17)14-9-2-1-3-9/h5-6,8-9H,1-4,7H2,(H,14,16)(H,18,19). The fourth-order valence-electron chi connectivity index (χ4n) is 2.13. The highest BCUT2D eigenvalue weighted by atomic mass is 16.4. The van der Waals surface area contributed by atoms with Gasteiger partial charge in [-0.3, -0.25) is 4.79 Å². The Hall–Kier alpha value is -2.11. The van der Waals surface area contributed by atoms with Gasteiger partial charge in [0.05, 0.1) is 18.3 Å². The largest absolute Gasteiger partial charge is 0.481 e. The number of hydrogen-bond donors (Lipinski definition) is 2. The van der Waals surface area contributed by atoms with Gasteiger partial charge < -0.3 is 10.4 Å². The number of carboxylic acids is 1. The Morgan fingerprint density at radius 2 is 2.32 bits per heavy atom. The molecule has 0 atom stereocenters. The zero-order valence-electron chi connectivity index (χ0n) is 10.5. The molecule has 0 saturated heterocycles. The summed E-state index contributed by atoms with van der Waals surface area (Å²) in [5, 5.41) is 16.5. The van der Waals surface area contributed by atoms with Crippen molar-refractivity contribution < 1.29 is 9.90 Å². The van der Waals surface area contributed by atoms with Crippen molar-refractivity contribution in [3.8, 4) is 0 Å². The molecule has 2 heterocycles. The Morgan fingerprint density at radius 3 is 3.00 bits per heavy atom. The summed E-state index contributed by atoms with van der Waals surface area (Å²) in [6.45, 7) is 0. The minimum Gasteiger partial charge on any atom is -0.481 e. The number of nitrogens with zero attached hydrogens (tertiary/aromatic N) is 3. The summed E-state index contributed by atoms with van der Waals surface area (Å²) in [6, 6.07) is 4.36. The topological polar surface area (TPSA) is 79.5 Å². The van der Waals surface area contributed by atoms with Gasteiger partial charge in [-0.25, -0.2) is 9.50 Å². The highest BCUT2D eigenvalue weighted by Gasteiger charge is 2.17. The number of aryl methyl sites for hydroxylation is 1. The summed E-state index contributed by atoms with van der Waals surface area (Å²) in [6.07, 6.45) is 6.01. The van der Waals surface area contributed by atoms with E-state index in [1.807, 2.05) is 12.1 Å². The summed E-state index contributed by atoms with van der Waals surface area (Å²) in [5.41, 5.74) is 1.51. The predicted molar refractivity (Wildman–Crippen MR) is 70.2 cm³/mol. The number of nitrogens with one attached hydrogen (secondary N) is 1. The molecule has 0 aromatic carbocycles. The summed E-state index contributed by atoms with van der Waals surface area (Å²) in [7, 11) is 0. The molecular weight excluding hydrogens is 244 g/mol. The highest BCUT2D eigenvalue weighted by Crippen LogP contribution is 2.22. The Morgan fingerprint density at radius 1 is 1.47 bits per heavy atom. The zero-order valence-corrected chi connectivity index (χ0v) is 10.5. The molecule has 0 unspecified atom stereocenters. The molecule has 0 radical (unpaired) electrons. The molecule has 6 nitrogen and oxygen atoms in total. The van der Waals surface area contributed by atoms with E-state index >= 15 is 0 Å². The molecule has 6 heteroatoms. The summed E-state index contributed by atoms with van der Waals surface area (Å²) in [5.74, 6) is 0.0386. The SMILES string of the molecule is O=C(O)CCc1cn2nc(NC3CCC3)ccc2n1. The van der Waals surface area contributed by atoms with Gasteiger partial charge in [0.1, 0.15) is 5.82 Å². The Kier molecular flexibility index (Phi) is 3.06. The average Bonchev–Trinajstić information content (AvgIpc) is 2.73. The monoisotopic (exact) mass is 260 g/mol. The van der Waals surface area contributed by atoms with Crippen molar-refractivity contribution >= 4 is 17.4 Å². The molecule has 0 aliphatic heterocycles. The molecule has 1 saturated carbocycles. The molecule has 0 spiro atoms. The van der Waals surface area contributed by atoms with Crippen LogP contribution in [-0.2, 0) is 11.2 Å².